The summed E-state index contributed by atoms with van der Waals surface area (Å²) in [5, 5.41) is 15.6. The number of rotatable bonds is 3. The third kappa shape index (κ3) is 2.92. The number of thiazole rings is 1. The Balaban J connectivity index is 1.85. The molecule has 5 nitrogen and oxygen atoms in total. The number of nitrogens with zero attached hydrogens (tertiary/aromatic N) is 2. The van der Waals surface area contributed by atoms with Crippen molar-refractivity contribution < 1.29 is 9.90 Å². The normalized spacial score (nSPS) is 12.9. The molecule has 2 heterocycles. The Morgan fingerprint density at radius 1 is 1.27 bits per heavy atom. The Morgan fingerprint density at radius 2 is 2.04 bits per heavy atom. The van der Waals surface area contributed by atoms with E-state index in [0.29, 0.717) is 36.9 Å². The number of hydrogen-bond acceptors (Lipinski definition) is 5. The predicted octanol–water partition coefficient (Wildman–Crippen LogP) is 3.68. The molecule has 0 bridgehead atoms. The number of carbonyl (C=O) groups excluding carboxylic acids is 1. The third-order valence-electron chi connectivity index (χ3n) is 3.86. The summed E-state index contributed by atoms with van der Waals surface area (Å²) < 4.78 is 0.745. The summed E-state index contributed by atoms with van der Waals surface area (Å²) in [5.74, 6) is -0.608. The van der Waals surface area contributed by atoms with Crippen molar-refractivity contribution in [1.82, 2.24) is 4.98 Å². The van der Waals surface area contributed by atoms with E-state index >= 15 is 0 Å². The summed E-state index contributed by atoms with van der Waals surface area (Å²) in [7, 11) is 0. The van der Waals surface area contributed by atoms with E-state index in [-0.39, 0.29) is 5.88 Å². The van der Waals surface area contributed by atoms with Crippen LogP contribution in [-0.2, 0) is 4.79 Å². The molecule has 3 aromatic rings. The number of hydrogen-bond donors (Lipinski definition) is 2. The molecule has 0 fully saturated rings. The molecule has 26 heavy (non-hydrogen) atoms. The van der Waals surface area contributed by atoms with Crippen molar-refractivity contribution in [2.45, 2.75) is 6.92 Å². The van der Waals surface area contributed by atoms with Gasteiger partial charge in [0, 0.05) is 9.69 Å². The van der Waals surface area contributed by atoms with Gasteiger partial charge in [0.1, 0.15) is 4.88 Å². The smallest absolute Gasteiger partial charge is 0.279 e. The van der Waals surface area contributed by atoms with Gasteiger partial charge in [0.25, 0.3) is 5.91 Å². The van der Waals surface area contributed by atoms with Gasteiger partial charge in [-0.05, 0) is 52.7 Å². The fourth-order valence-corrected chi connectivity index (χ4v) is 4.51. The molecule has 0 atom stereocenters. The molecule has 2 aromatic carbocycles. The van der Waals surface area contributed by atoms with E-state index in [1.54, 1.807) is 12.1 Å². The number of fused-ring (bicyclic) bond motifs is 1. The Morgan fingerprint density at radius 3 is 2.81 bits per heavy atom. The number of anilines is 2. The van der Waals surface area contributed by atoms with E-state index in [1.807, 2.05) is 31.2 Å². The van der Waals surface area contributed by atoms with Crippen LogP contribution >= 0.6 is 38.9 Å². The molecule has 2 N–H and O–H groups in total. The van der Waals surface area contributed by atoms with Crippen LogP contribution in [0, 0.1) is 6.92 Å². The first-order valence-electron chi connectivity index (χ1n) is 7.59. The molecule has 8 heteroatoms. The lowest BCUT2D eigenvalue weighted by Crippen LogP contribution is -2.25. The molecule has 1 aliphatic rings. The number of benzene rings is 2. The van der Waals surface area contributed by atoms with Gasteiger partial charge >= 0.3 is 0 Å². The Kier molecular flexibility index (Phi) is 4.30. The first-order chi connectivity index (χ1) is 12.4. The fourth-order valence-electron chi connectivity index (χ4n) is 2.74. The van der Waals surface area contributed by atoms with Crippen molar-refractivity contribution >= 4 is 61.2 Å². The first-order valence-corrected chi connectivity index (χ1v) is 9.58. The van der Waals surface area contributed by atoms with E-state index < -0.39 is 5.91 Å². The molecule has 0 aliphatic carbocycles. The van der Waals surface area contributed by atoms with Gasteiger partial charge in [0.15, 0.2) is 5.13 Å². The standard InChI is InChI=1S/C18H11BrClN3O2S/c1-8-6-9-13(16(24)22-14(9)10(19)7-8)15-17(25)23-18(26-15)21-12-5-3-2-4-11(12)20/h2-7,25H,1H3,(H,21,23). The molecule has 1 aliphatic heterocycles. The van der Waals surface area contributed by atoms with Crippen molar-refractivity contribution in [1.29, 1.82) is 0 Å². The van der Waals surface area contributed by atoms with Gasteiger partial charge in [-0.2, -0.15) is 4.98 Å². The van der Waals surface area contributed by atoms with Gasteiger partial charge in [0.05, 0.1) is 21.6 Å². The van der Waals surface area contributed by atoms with Crippen molar-refractivity contribution in [3.8, 4) is 5.88 Å². The van der Waals surface area contributed by atoms with Crippen LogP contribution in [0.2, 0.25) is 5.02 Å². The van der Waals surface area contributed by atoms with E-state index in [2.05, 4.69) is 31.2 Å². The van der Waals surface area contributed by atoms with Crippen LogP contribution in [-0.4, -0.2) is 16.0 Å². The maximum Gasteiger partial charge on any atom is 0.279 e. The monoisotopic (exact) mass is 447 g/mol. The average molecular weight is 449 g/mol. The molecule has 0 saturated carbocycles. The maximum atomic E-state index is 12.5. The van der Waals surface area contributed by atoms with Gasteiger partial charge in [-0.15, -0.1) is 0 Å². The average Bonchev–Trinajstić information content (AvgIpc) is 3.09. The second kappa shape index (κ2) is 6.50. The zero-order valence-corrected chi connectivity index (χ0v) is 16.5. The molecule has 0 radical (unpaired) electrons. The van der Waals surface area contributed by atoms with Gasteiger partial charge in [-0.25, -0.2) is 4.99 Å². The summed E-state index contributed by atoms with van der Waals surface area (Å²) in [5.41, 5.74) is 2.00. The lowest BCUT2D eigenvalue weighted by atomic mass is 10.1. The van der Waals surface area contributed by atoms with Crippen molar-refractivity contribution in [3.63, 3.8) is 0 Å². The largest absolute Gasteiger partial charge is 0.492 e. The maximum absolute atomic E-state index is 12.5. The van der Waals surface area contributed by atoms with Crippen LogP contribution in [0.15, 0.2) is 45.9 Å². The quantitative estimate of drug-likeness (QED) is 0.641. The lowest BCUT2D eigenvalue weighted by Gasteiger charge is -2.03. The number of nitrogens with one attached hydrogen (secondary N) is 1. The van der Waals surface area contributed by atoms with E-state index in [1.165, 1.54) is 11.3 Å². The zero-order chi connectivity index (χ0) is 18.4. The Labute approximate surface area is 165 Å². The molecule has 0 unspecified atom stereocenters. The number of aromatic nitrogens is 1. The second-order valence-corrected chi connectivity index (χ2v) is 7.97. The number of para-hydroxylation sites is 1. The lowest BCUT2D eigenvalue weighted by molar-refractivity contribution is -0.112. The summed E-state index contributed by atoms with van der Waals surface area (Å²) in [6, 6.07) is 11.0. The predicted molar refractivity (Wildman–Crippen MR) is 106 cm³/mol. The molecule has 1 aromatic heterocycles. The van der Waals surface area contributed by atoms with Crippen molar-refractivity contribution in [2.75, 3.05) is 5.32 Å². The molecule has 4 rings (SSSR count). The van der Waals surface area contributed by atoms with Crippen LogP contribution in [0.3, 0.4) is 0 Å². The van der Waals surface area contributed by atoms with E-state index in [0.717, 1.165) is 10.0 Å². The summed E-state index contributed by atoms with van der Waals surface area (Å²) in [6.07, 6.45) is 0. The highest BCUT2D eigenvalue weighted by Crippen LogP contribution is 2.36. The van der Waals surface area contributed by atoms with Gasteiger partial charge in [0.2, 0.25) is 5.88 Å². The summed E-state index contributed by atoms with van der Waals surface area (Å²) in [4.78, 5) is 21.1. The number of carbonyl (C=O) groups is 1. The zero-order valence-electron chi connectivity index (χ0n) is 13.4. The SMILES string of the molecule is Cc1cc(Br)c2c(c1)=C(c1sc(Nc3ccccc3Cl)nc1O)C(=O)N=2. The highest BCUT2D eigenvalue weighted by molar-refractivity contribution is 9.10. The molecular weight excluding hydrogens is 438 g/mol. The molecule has 130 valence electrons. The molecule has 1 amide bonds. The van der Waals surface area contributed by atoms with Crippen LogP contribution in [0.1, 0.15) is 10.4 Å². The van der Waals surface area contributed by atoms with Crippen LogP contribution in [0.5, 0.6) is 5.88 Å². The van der Waals surface area contributed by atoms with Gasteiger partial charge in [-0.1, -0.05) is 35.1 Å². The van der Waals surface area contributed by atoms with Crippen LogP contribution in [0.4, 0.5) is 10.8 Å². The van der Waals surface area contributed by atoms with Crippen LogP contribution in [0.25, 0.3) is 5.57 Å². The van der Waals surface area contributed by atoms with E-state index in [4.69, 9.17) is 11.6 Å². The number of halogens is 2. The first kappa shape index (κ1) is 17.2. The number of amides is 1. The van der Waals surface area contributed by atoms with Gasteiger partial charge in [-0.3, -0.25) is 4.79 Å². The van der Waals surface area contributed by atoms with Gasteiger partial charge < -0.3 is 10.4 Å². The fraction of sp³-hybridized carbons (Fsp3) is 0.0556. The summed E-state index contributed by atoms with van der Waals surface area (Å²) >= 11 is 10.8. The van der Waals surface area contributed by atoms with Crippen molar-refractivity contribution in [2.24, 2.45) is 4.99 Å². The molecular formula is C18H11BrClN3O2S. The number of aryl methyl sites for hydroxylation is 1. The Bertz CT molecular complexity index is 1190. The van der Waals surface area contributed by atoms with Crippen LogP contribution < -0.4 is 15.9 Å². The highest BCUT2D eigenvalue weighted by atomic mass is 79.9. The minimum atomic E-state index is -0.394. The van der Waals surface area contributed by atoms with Crippen molar-refractivity contribution in [3.05, 3.63) is 66.9 Å². The molecule has 0 saturated heterocycles. The highest BCUT2D eigenvalue weighted by Gasteiger charge is 2.26. The minimum Gasteiger partial charge on any atom is -0.492 e. The van der Waals surface area contributed by atoms with E-state index in [9.17, 15) is 9.90 Å². The molecule has 0 spiro atoms. The minimum absolute atomic E-state index is 0.214. The Hall–Kier alpha value is -2.22. The third-order valence-corrected chi connectivity index (χ3v) is 5.77. The number of aromatic hydroxyl groups is 1. The second-order valence-electron chi connectivity index (χ2n) is 5.71. The summed E-state index contributed by atoms with van der Waals surface area (Å²) in [6.45, 7) is 1.93. The topological polar surface area (TPSA) is 74.6 Å².